The third-order valence-corrected chi connectivity index (χ3v) is 5.22. The van der Waals surface area contributed by atoms with Crippen molar-refractivity contribution in [3.8, 4) is 0 Å². The van der Waals surface area contributed by atoms with Crippen molar-refractivity contribution in [2.75, 3.05) is 26.7 Å². The zero-order chi connectivity index (χ0) is 19.4. The van der Waals surface area contributed by atoms with Crippen molar-refractivity contribution in [3.63, 3.8) is 0 Å². The molecule has 7 nitrogen and oxygen atoms in total. The summed E-state index contributed by atoms with van der Waals surface area (Å²) in [6.07, 6.45) is 4.44. The summed E-state index contributed by atoms with van der Waals surface area (Å²) in [7, 11) is 1.84. The molecule has 1 N–H and O–H groups in total. The molecule has 0 spiro atoms. The Hall–Kier alpha value is -2.41. The fourth-order valence-corrected chi connectivity index (χ4v) is 3.42. The second kappa shape index (κ2) is 8.52. The Morgan fingerprint density at radius 3 is 3.00 bits per heavy atom. The van der Waals surface area contributed by atoms with Crippen LogP contribution in [0.5, 0.6) is 0 Å². The molecule has 0 aromatic carbocycles. The lowest BCUT2D eigenvalue weighted by molar-refractivity contribution is -0.120. The molecule has 3 rings (SSSR count). The van der Waals surface area contributed by atoms with Crippen molar-refractivity contribution >= 4 is 17.5 Å². The second-order valence-electron chi connectivity index (χ2n) is 7.29. The van der Waals surface area contributed by atoms with Crippen LogP contribution in [0.25, 0.3) is 5.65 Å². The van der Waals surface area contributed by atoms with Crippen LogP contribution in [0.1, 0.15) is 49.3 Å². The second-order valence-corrected chi connectivity index (χ2v) is 7.29. The van der Waals surface area contributed by atoms with Crippen LogP contribution in [-0.2, 0) is 11.3 Å². The maximum Gasteiger partial charge on any atom is 0.274 e. The predicted molar refractivity (Wildman–Crippen MR) is 105 cm³/mol. The van der Waals surface area contributed by atoms with E-state index in [4.69, 9.17) is 0 Å². The van der Waals surface area contributed by atoms with Crippen molar-refractivity contribution < 1.29 is 9.59 Å². The highest BCUT2D eigenvalue weighted by atomic mass is 16.2. The number of imidazole rings is 1. The molecule has 1 fully saturated rings. The Kier molecular flexibility index (Phi) is 6.11. The Bertz CT molecular complexity index is 816. The number of aromatic nitrogens is 2. The monoisotopic (exact) mass is 371 g/mol. The first-order valence-electron chi connectivity index (χ1n) is 9.73. The summed E-state index contributed by atoms with van der Waals surface area (Å²) < 4.78 is 1.99. The molecule has 2 aromatic heterocycles. The topological polar surface area (TPSA) is 70.0 Å². The van der Waals surface area contributed by atoms with Gasteiger partial charge < -0.3 is 14.6 Å². The summed E-state index contributed by atoms with van der Waals surface area (Å²) in [6.45, 7) is 6.82. The van der Waals surface area contributed by atoms with Crippen molar-refractivity contribution in [1.29, 1.82) is 0 Å². The largest absolute Gasteiger partial charge is 0.355 e. The van der Waals surface area contributed by atoms with Crippen molar-refractivity contribution in [2.24, 2.45) is 0 Å². The number of unbranched alkanes of at least 4 members (excludes halogenated alkanes) is 1. The van der Waals surface area contributed by atoms with Crippen LogP contribution >= 0.6 is 0 Å². The fraction of sp³-hybridized carbons (Fsp3) is 0.550. The van der Waals surface area contributed by atoms with E-state index in [1.165, 1.54) is 0 Å². The molecule has 0 unspecified atom stereocenters. The highest BCUT2D eigenvalue weighted by Crippen LogP contribution is 2.19. The first-order valence-corrected chi connectivity index (χ1v) is 9.73. The summed E-state index contributed by atoms with van der Waals surface area (Å²) >= 11 is 0. The number of pyridine rings is 1. The molecule has 7 heteroatoms. The highest BCUT2D eigenvalue weighted by Gasteiger charge is 2.26. The van der Waals surface area contributed by atoms with E-state index in [1.54, 1.807) is 4.90 Å². The molecule has 0 bridgehead atoms. The van der Waals surface area contributed by atoms with Gasteiger partial charge in [-0.3, -0.25) is 14.5 Å². The Morgan fingerprint density at radius 1 is 1.41 bits per heavy atom. The molecule has 0 aliphatic carbocycles. The number of nitrogens with one attached hydrogen (secondary N) is 1. The van der Waals surface area contributed by atoms with Gasteiger partial charge in [0.1, 0.15) is 5.65 Å². The van der Waals surface area contributed by atoms with E-state index in [1.807, 2.05) is 35.8 Å². The third kappa shape index (κ3) is 4.30. The number of fused-ring (bicyclic) bond motifs is 1. The number of carbonyl (C=O) groups is 2. The molecule has 1 aliphatic rings. The minimum Gasteiger partial charge on any atom is -0.355 e. The van der Waals surface area contributed by atoms with Crippen molar-refractivity contribution in [1.82, 2.24) is 24.5 Å². The number of carbonyl (C=O) groups excluding carboxylic acids is 2. The third-order valence-electron chi connectivity index (χ3n) is 5.22. The number of rotatable bonds is 6. The maximum absolute atomic E-state index is 13.0. The van der Waals surface area contributed by atoms with E-state index in [2.05, 4.69) is 29.0 Å². The average Bonchev–Trinajstić information content (AvgIpc) is 2.96. The first-order chi connectivity index (χ1) is 13.0. The van der Waals surface area contributed by atoms with Crippen LogP contribution in [0.2, 0.25) is 0 Å². The van der Waals surface area contributed by atoms with Gasteiger partial charge in [0.2, 0.25) is 5.91 Å². The van der Waals surface area contributed by atoms with Gasteiger partial charge in [0.15, 0.2) is 5.69 Å². The molecule has 0 saturated carbocycles. The van der Waals surface area contributed by atoms with E-state index in [0.717, 1.165) is 30.7 Å². The van der Waals surface area contributed by atoms with Gasteiger partial charge in [-0.05, 0) is 25.5 Å². The summed E-state index contributed by atoms with van der Waals surface area (Å²) in [5.74, 6) is 0.0388. The molecule has 2 amide bonds. The van der Waals surface area contributed by atoms with Gasteiger partial charge in [0, 0.05) is 51.9 Å². The number of hydrogen-bond acceptors (Lipinski definition) is 4. The standard InChI is InChI=1S/C20H29N5O2/c1-4-5-10-23(3)20(27)19-16(25-11-7-6-8-17(25)22-19)14-24-12-9-18(26)21-13-15(24)2/h6-8,11,15H,4-5,9-10,12-14H2,1-3H3,(H,21,26)/t15-/m0/s1. The zero-order valence-electron chi connectivity index (χ0n) is 16.4. The summed E-state index contributed by atoms with van der Waals surface area (Å²) in [5.41, 5.74) is 2.17. The van der Waals surface area contributed by atoms with Gasteiger partial charge in [0.05, 0.1) is 5.69 Å². The molecule has 146 valence electrons. The summed E-state index contributed by atoms with van der Waals surface area (Å²) in [5, 5.41) is 2.94. The lowest BCUT2D eigenvalue weighted by Crippen LogP contribution is -2.38. The Balaban J connectivity index is 1.93. The minimum atomic E-state index is -0.0428. The Labute approximate surface area is 160 Å². The molecule has 27 heavy (non-hydrogen) atoms. The lowest BCUT2D eigenvalue weighted by atomic mass is 10.2. The minimum absolute atomic E-state index is 0.0428. The van der Waals surface area contributed by atoms with E-state index < -0.39 is 0 Å². The van der Waals surface area contributed by atoms with Crippen LogP contribution < -0.4 is 5.32 Å². The number of amides is 2. The van der Waals surface area contributed by atoms with Gasteiger partial charge in [-0.25, -0.2) is 4.98 Å². The van der Waals surface area contributed by atoms with E-state index in [9.17, 15) is 9.59 Å². The summed E-state index contributed by atoms with van der Waals surface area (Å²) in [6, 6.07) is 6.00. The van der Waals surface area contributed by atoms with Gasteiger partial charge in [-0.1, -0.05) is 19.4 Å². The summed E-state index contributed by atoms with van der Waals surface area (Å²) in [4.78, 5) is 33.4. The van der Waals surface area contributed by atoms with Crippen LogP contribution in [0, 0.1) is 0 Å². The molecule has 1 saturated heterocycles. The average molecular weight is 371 g/mol. The van der Waals surface area contributed by atoms with Crippen LogP contribution in [0.15, 0.2) is 24.4 Å². The normalized spacial score (nSPS) is 18.3. The molecule has 2 aromatic rings. The maximum atomic E-state index is 13.0. The highest BCUT2D eigenvalue weighted by molar-refractivity contribution is 5.94. The van der Waals surface area contributed by atoms with Gasteiger partial charge >= 0.3 is 0 Å². The smallest absolute Gasteiger partial charge is 0.274 e. The van der Waals surface area contributed by atoms with E-state index >= 15 is 0 Å². The van der Waals surface area contributed by atoms with Crippen molar-refractivity contribution in [2.45, 2.75) is 45.7 Å². The molecular formula is C20H29N5O2. The molecule has 0 radical (unpaired) electrons. The fourth-order valence-electron chi connectivity index (χ4n) is 3.42. The number of hydrogen-bond donors (Lipinski definition) is 1. The lowest BCUT2D eigenvalue weighted by Gasteiger charge is -2.26. The molecular weight excluding hydrogens is 342 g/mol. The first kappa shape index (κ1) is 19.4. The van der Waals surface area contributed by atoms with Crippen molar-refractivity contribution in [3.05, 3.63) is 35.8 Å². The van der Waals surface area contributed by atoms with Crippen LogP contribution in [-0.4, -0.2) is 63.7 Å². The predicted octanol–water partition coefficient (Wildman–Crippen LogP) is 1.92. The molecule has 1 aliphatic heterocycles. The Morgan fingerprint density at radius 2 is 2.22 bits per heavy atom. The number of nitrogens with zero attached hydrogens (tertiary/aromatic N) is 4. The molecule has 3 heterocycles. The molecule has 1 atom stereocenters. The van der Waals surface area contributed by atoms with Crippen LogP contribution in [0.3, 0.4) is 0 Å². The van der Waals surface area contributed by atoms with Gasteiger partial charge in [-0.15, -0.1) is 0 Å². The van der Waals surface area contributed by atoms with Crippen LogP contribution in [0.4, 0.5) is 0 Å². The van der Waals surface area contributed by atoms with Gasteiger partial charge in [0.25, 0.3) is 5.91 Å². The van der Waals surface area contributed by atoms with E-state index in [-0.39, 0.29) is 17.9 Å². The SMILES string of the molecule is CCCCN(C)C(=O)c1nc2ccccn2c1CN1CCC(=O)NC[C@@H]1C. The zero-order valence-corrected chi connectivity index (χ0v) is 16.4. The van der Waals surface area contributed by atoms with E-state index in [0.29, 0.717) is 31.7 Å². The van der Waals surface area contributed by atoms with Gasteiger partial charge in [-0.2, -0.15) is 0 Å². The quantitative estimate of drug-likeness (QED) is 0.842.